The van der Waals surface area contributed by atoms with E-state index in [0.29, 0.717) is 10.7 Å². The molecule has 0 saturated carbocycles. The molecule has 0 unspecified atom stereocenters. The van der Waals surface area contributed by atoms with Crippen LogP contribution in [0.3, 0.4) is 0 Å². The normalized spacial score (nSPS) is 11.7. The maximum absolute atomic E-state index is 11.7. The Morgan fingerprint density at radius 3 is 2.68 bits per heavy atom. The largest absolute Gasteiger partial charge is 0.467 e. The predicted octanol–water partition coefficient (Wildman–Crippen LogP) is 2.79. The quantitative estimate of drug-likeness (QED) is 0.645. The summed E-state index contributed by atoms with van der Waals surface area (Å²) in [5, 5.41) is 3.06. The van der Waals surface area contributed by atoms with Gasteiger partial charge in [-0.2, -0.15) is 0 Å². The van der Waals surface area contributed by atoms with Crippen LogP contribution in [0, 0.1) is 0 Å². The number of esters is 1. The van der Waals surface area contributed by atoms with Crippen molar-refractivity contribution in [2.24, 2.45) is 0 Å². The van der Waals surface area contributed by atoms with Crippen LogP contribution in [0.25, 0.3) is 0 Å². The van der Waals surface area contributed by atoms with Gasteiger partial charge in [0.1, 0.15) is 10.4 Å². The standard InChI is InChI=1S/C14H19NO2S2/c1-3-19-14(18)15-12(13(16)17-2)10-9-11-7-5-4-6-8-11/h4-8,12H,3,9-10H2,1-2H3,(H,15,18)/t12-/m0/s1. The van der Waals surface area contributed by atoms with Crippen LogP contribution in [0.15, 0.2) is 30.3 Å². The molecule has 5 heteroatoms. The molecule has 1 aromatic carbocycles. The molecule has 1 atom stereocenters. The molecule has 1 rings (SSSR count). The van der Waals surface area contributed by atoms with E-state index in [0.717, 1.165) is 12.2 Å². The fourth-order valence-corrected chi connectivity index (χ4v) is 2.65. The Labute approximate surface area is 124 Å². The van der Waals surface area contributed by atoms with E-state index in [1.165, 1.54) is 24.4 Å². The first-order valence-corrected chi connectivity index (χ1v) is 7.61. The topological polar surface area (TPSA) is 38.3 Å². The van der Waals surface area contributed by atoms with E-state index in [2.05, 4.69) is 5.32 Å². The summed E-state index contributed by atoms with van der Waals surface area (Å²) in [7, 11) is 1.40. The van der Waals surface area contributed by atoms with Crippen molar-refractivity contribution >= 4 is 34.3 Å². The Bertz CT molecular complexity index is 409. The molecule has 3 nitrogen and oxygen atoms in total. The van der Waals surface area contributed by atoms with E-state index >= 15 is 0 Å². The molecule has 0 aliphatic carbocycles. The van der Waals surface area contributed by atoms with Crippen molar-refractivity contribution in [3.05, 3.63) is 35.9 Å². The number of benzene rings is 1. The van der Waals surface area contributed by atoms with Gasteiger partial charge in [-0.3, -0.25) is 0 Å². The predicted molar refractivity (Wildman–Crippen MR) is 84.4 cm³/mol. The third-order valence-electron chi connectivity index (χ3n) is 2.62. The van der Waals surface area contributed by atoms with Crippen LogP contribution >= 0.6 is 24.0 Å². The summed E-state index contributed by atoms with van der Waals surface area (Å²) < 4.78 is 5.45. The maximum Gasteiger partial charge on any atom is 0.328 e. The summed E-state index contributed by atoms with van der Waals surface area (Å²) in [5.74, 6) is 0.619. The molecule has 0 aliphatic rings. The number of hydrogen-bond donors (Lipinski definition) is 1. The number of thiocarbonyl (C=S) groups is 1. The lowest BCUT2D eigenvalue weighted by Gasteiger charge is -2.17. The van der Waals surface area contributed by atoms with Crippen LogP contribution in [-0.2, 0) is 16.0 Å². The van der Waals surface area contributed by atoms with E-state index in [1.807, 2.05) is 37.3 Å². The van der Waals surface area contributed by atoms with Gasteiger partial charge in [-0.25, -0.2) is 4.79 Å². The third-order valence-corrected chi connectivity index (χ3v) is 3.76. The maximum atomic E-state index is 11.7. The third kappa shape index (κ3) is 6.07. The zero-order valence-corrected chi connectivity index (χ0v) is 12.9. The smallest absolute Gasteiger partial charge is 0.328 e. The van der Waals surface area contributed by atoms with Crippen molar-refractivity contribution in [2.45, 2.75) is 25.8 Å². The van der Waals surface area contributed by atoms with Gasteiger partial charge in [-0.1, -0.05) is 61.2 Å². The zero-order valence-electron chi connectivity index (χ0n) is 11.2. The number of hydrogen-bond acceptors (Lipinski definition) is 4. The van der Waals surface area contributed by atoms with Gasteiger partial charge >= 0.3 is 5.97 Å². The Morgan fingerprint density at radius 2 is 2.11 bits per heavy atom. The highest BCUT2D eigenvalue weighted by Crippen LogP contribution is 2.09. The van der Waals surface area contributed by atoms with E-state index < -0.39 is 0 Å². The van der Waals surface area contributed by atoms with E-state index in [4.69, 9.17) is 17.0 Å². The lowest BCUT2D eigenvalue weighted by atomic mass is 10.1. The van der Waals surface area contributed by atoms with Crippen LogP contribution in [0.2, 0.25) is 0 Å². The molecule has 0 aromatic heterocycles. The number of aryl methyl sites for hydroxylation is 1. The fourth-order valence-electron chi connectivity index (χ4n) is 1.66. The summed E-state index contributed by atoms with van der Waals surface area (Å²) in [6, 6.07) is 9.69. The first-order chi connectivity index (χ1) is 9.17. The first-order valence-electron chi connectivity index (χ1n) is 6.22. The van der Waals surface area contributed by atoms with Gasteiger partial charge in [0.15, 0.2) is 0 Å². The van der Waals surface area contributed by atoms with Gasteiger partial charge in [0.25, 0.3) is 0 Å². The summed E-state index contributed by atoms with van der Waals surface area (Å²) in [6.45, 7) is 2.02. The zero-order chi connectivity index (χ0) is 14.1. The van der Waals surface area contributed by atoms with Crippen molar-refractivity contribution in [1.82, 2.24) is 5.32 Å². The molecule has 104 valence electrons. The highest BCUT2D eigenvalue weighted by atomic mass is 32.2. The molecule has 0 saturated heterocycles. The van der Waals surface area contributed by atoms with Gasteiger partial charge in [-0.05, 0) is 24.2 Å². The average Bonchev–Trinajstić information content (AvgIpc) is 2.44. The second kappa shape index (κ2) is 8.93. The Morgan fingerprint density at radius 1 is 1.42 bits per heavy atom. The number of nitrogens with one attached hydrogen (secondary N) is 1. The molecule has 0 heterocycles. The lowest BCUT2D eigenvalue weighted by Crippen LogP contribution is -2.40. The number of rotatable bonds is 6. The molecule has 1 N–H and O–H groups in total. The molecular weight excluding hydrogens is 278 g/mol. The van der Waals surface area contributed by atoms with Crippen LogP contribution in [0.5, 0.6) is 0 Å². The minimum Gasteiger partial charge on any atom is -0.467 e. The molecule has 0 aliphatic heterocycles. The molecule has 0 radical (unpaired) electrons. The van der Waals surface area contributed by atoms with Gasteiger partial charge < -0.3 is 10.1 Å². The lowest BCUT2D eigenvalue weighted by molar-refractivity contribution is -0.142. The Hall–Kier alpha value is -1.07. The Kier molecular flexibility index (Phi) is 7.52. The molecule has 0 bridgehead atoms. The van der Waals surface area contributed by atoms with Crippen molar-refractivity contribution in [3.63, 3.8) is 0 Å². The summed E-state index contributed by atoms with van der Waals surface area (Å²) in [5.41, 5.74) is 1.20. The number of carbonyl (C=O) groups is 1. The van der Waals surface area contributed by atoms with Gasteiger partial charge in [0.05, 0.1) is 7.11 Å². The van der Waals surface area contributed by atoms with Crippen LogP contribution in [0.4, 0.5) is 0 Å². The van der Waals surface area contributed by atoms with Crippen molar-refractivity contribution in [3.8, 4) is 0 Å². The molecule has 0 amide bonds. The van der Waals surface area contributed by atoms with Crippen molar-refractivity contribution in [1.29, 1.82) is 0 Å². The van der Waals surface area contributed by atoms with Crippen LogP contribution < -0.4 is 5.32 Å². The van der Waals surface area contributed by atoms with Gasteiger partial charge in [-0.15, -0.1) is 0 Å². The van der Waals surface area contributed by atoms with Gasteiger partial charge in [0, 0.05) is 0 Å². The van der Waals surface area contributed by atoms with Crippen molar-refractivity contribution in [2.75, 3.05) is 12.9 Å². The van der Waals surface area contributed by atoms with Crippen molar-refractivity contribution < 1.29 is 9.53 Å². The second-order valence-electron chi connectivity index (χ2n) is 3.96. The van der Waals surface area contributed by atoms with E-state index in [1.54, 1.807) is 0 Å². The molecular formula is C14H19NO2S2. The molecule has 0 spiro atoms. The number of thioether (sulfide) groups is 1. The fraction of sp³-hybridized carbons (Fsp3) is 0.429. The Balaban J connectivity index is 2.55. The highest BCUT2D eigenvalue weighted by molar-refractivity contribution is 8.22. The second-order valence-corrected chi connectivity index (χ2v) is 5.91. The van der Waals surface area contributed by atoms with Crippen LogP contribution in [0.1, 0.15) is 18.9 Å². The van der Waals surface area contributed by atoms with E-state index in [-0.39, 0.29) is 12.0 Å². The minimum atomic E-state index is -0.378. The number of carbonyl (C=O) groups excluding carboxylic acids is 1. The van der Waals surface area contributed by atoms with E-state index in [9.17, 15) is 4.79 Å². The minimum absolute atomic E-state index is 0.269. The summed E-state index contributed by atoms with van der Waals surface area (Å²) in [4.78, 5) is 11.7. The average molecular weight is 297 g/mol. The molecule has 19 heavy (non-hydrogen) atoms. The molecule has 0 fully saturated rings. The summed E-state index contributed by atoms with van der Waals surface area (Å²) >= 11 is 6.69. The monoisotopic (exact) mass is 297 g/mol. The molecule has 1 aromatic rings. The van der Waals surface area contributed by atoms with Crippen LogP contribution in [-0.4, -0.2) is 29.2 Å². The SMILES string of the molecule is CCSC(=S)N[C@@H](CCc1ccccc1)C(=O)OC. The highest BCUT2D eigenvalue weighted by Gasteiger charge is 2.19. The first kappa shape index (κ1) is 16.0. The number of methoxy groups -OCH3 is 1. The number of ether oxygens (including phenoxy) is 1. The van der Waals surface area contributed by atoms with Gasteiger partial charge in [0.2, 0.25) is 0 Å². The summed E-state index contributed by atoms with van der Waals surface area (Å²) in [6.07, 6.45) is 1.48.